The molecular weight excluding hydrogens is 260 g/mol. The highest BCUT2D eigenvalue weighted by Crippen LogP contribution is 2.34. The van der Waals surface area contributed by atoms with Crippen LogP contribution in [0.1, 0.15) is 20.7 Å². The third-order valence-electron chi connectivity index (χ3n) is 3.32. The van der Waals surface area contributed by atoms with Gasteiger partial charge in [0, 0.05) is 21.5 Å². The topological polar surface area (TPSA) is 34.1 Å². The summed E-state index contributed by atoms with van der Waals surface area (Å²) in [6.45, 7) is 0. The molecule has 3 aromatic carbocycles. The smallest absolute Gasteiger partial charge is 0.151 e. The highest BCUT2D eigenvalue weighted by atomic mass is 35.5. The molecule has 0 radical (unpaired) electrons. The maximum atomic E-state index is 11.4. The van der Waals surface area contributed by atoms with Gasteiger partial charge in [-0.05, 0) is 22.2 Å². The van der Waals surface area contributed by atoms with Crippen molar-refractivity contribution in [2.75, 3.05) is 0 Å². The van der Waals surface area contributed by atoms with Gasteiger partial charge in [0.2, 0.25) is 0 Å². The van der Waals surface area contributed by atoms with Crippen molar-refractivity contribution in [2.45, 2.75) is 0 Å². The molecule has 0 saturated carbocycles. The van der Waals surface area contributed by atoms with Crippen molar-refractivity contribution in [2.24, 2.45) is 0 Å². The summed E-state index contributed by atoms with van der Waals surface area (Å²) < 4.78 is 0. The number of fused-ring (bicyclic) bond motifs is 2. The van der Waals surface area contributed by atoms with Gasteiger partial charge in [-0.15, -0.1) is 0 Å². The summed E-state index contributed by atoms with van der Waals surface area (Å²) in [5, 5.41) is 3.35. The number of rotatable bonds is 2. The lowest BCUT2D eigenvalue weighted by atomic mass is 9.93. The van der Waals surface area contributed by atoms with Gasteiger partial charge in [-0.25, -0.2) is 0 Å². The van der Waals surface area contributed by atoms with Gasteiger partial charge in [0.05, 0.1) is 0 Å². The Hall–Kier alpha value is -2.19. The first-order chi connectivity index (χ1) is 9.27. The predicted molar refractivity (Wildman–Crippen MR) is 77.2 cm³/mol. The molecule has 3 aromatic rings. The lowest BCUT2D eigenvalue weighted by Crippen LogP contribution is -1.94. The second-order valence-electron chi connectivity index (χ2n) is 4.27. The van der Waals surface area contributed by atoms with Crippen LogP contribution >= 0.6 is 11.6 Å². The second-order valence-corrected chi connectivity index (χ2v) is 4.68. The Labute approximate surface area is 114 Å². The standard InChI is InChI=1S/C16H9ClO2/c17-15-7-3-6-12-13(8-18)10-4-1-2-5-11(10)14(9-19)16(12)15/h1-9H. The van der Waals surface area contributed by atoms with E-state index in [1.807, 2.05) is 30.3 Å². The highest BCUT2D eigenvalue weighted by molar-refractivity contribution is 6.38. The third-order valence-corrected chi connectivity index (χ3v) is 3.63. The van der Waals surface area contributed by atoms with Crippen molar-refractivity contribution in [3.05, 3.63) is 58.6 Å². The Kier molecular flexibility index (Phi) is 2.80. The Morgan fingerprint density at radius 3 is 1.95 bits per heavy atom. The minimum absolute atomic E-state index is 0.480. The maximum absolute atomic E-state index is 11.4. The number of hydrogen-bond donors (Lipinski definition) is 0. The second kappa shape index (κ2) is 4.48. The summed E-state index contributed by atoms with van der Waals surface area (Å²) in [6.07, 6.45) is 1.61. The fraction of sp³-hybridized carbons (Fsp3) is 0. The molecule has 2 nitrogen and oxygen atoms in total. The van der Waals surface area contributed by atoms with E-state index in [1.54, 1.807) is 12.1 Å². The molecule has 0 spiro atoms. The van der Waals surface area contributed by atoms with Crippen LogP contribution in [0.3, 0.4) is 0 Å². The van der Waals surface area contributed by atoms with Crippen molar-refractivity contribution in [1.82, 2.24) is 0 Å². The Balaban J connectivity index is 2.73. The molecule has 0 aliphatic rings. The van der Waals surface area contributed by atoms with Crippen LogP contribution < -0.4 is 0 Å². The maximum Gasteiger partial charge on any atom is 0.151 e. The lowest BCUT2D eigenvalue weighted by molar-refractivity contribution is 0.111. The summed E-state index contributed by atoms with van der Waals surface area (Å²) in [5.74, 6) is 0. The van der Waals surface area contributed by atoms with Crippen LogP contribution in [0.4, 0.5) is 0 Å². The van der Waals surface area contributed by atoms with Crippen LogP contribution in [0.25, 0.3) is 21.5 Å². The van der Waals surface area contributed by atoms with E-state index in [9.17, 15) is 9.59 Å². The van der Waals surface area contributed by atoms with Crippen molar-refractivity contribution < 1.29 is 9.59 Å². The first kappa shape index (κ1) is 11.9. The average molecular weight is 269 g/mol. The summed E-state index contributed by atoms with van der Waals surface area (Å²) >= 11 is 6.20. The van der Waals surface area contributed by atoms with E-state index in [-0.39, 0.29) is 0 Å². The molecular formula is C16H9ClO2. The van der Waals surface area contributed by atoms with E-state index in [4.69, 9.17) is 11.6 Å². The minimum Gasteiger partial charge on any atom is -0.298 e. The Bertz CT molecular complexity index is 822. The predicted octanol–water partition coefficient (Wildman–Crippen LogP) is 4.27. The number of aldehydes is 2. The fourth-order valence-corrected chi connectivity index (χ4v) is 2.78. The summed E-state index contributed by atoms with van der Waals surface area (Å²) in [7, 11) is 0. The molecule has 0 atom stereocenters. The van der Waals surface area contributed by atoms with Crippen LogP contribution in [-0.4, -0.2) is 12.6 Å². The van der Waals surface area contributed by atoms with Crippen molar-refractivity contribution >= 4 is 45.7 Å². The van der Waals surface area contributed by atoms with Gasteiger partial charge in [-0.3, -0.25) is 9.59 Å². The molecule has 0 N–H and O–H groups in total. The zero-order valence-electron chi connectivity index (χ0n) is 9.89. The molecule has 0 heterocycles. The van der Waals surface area contributed by atoms with E-state index in [2.05, 4.69) is 0 Å². The van der Waals surface area contributed by atoms with Crippen LogP contribution in [0, 0.1) is 0 Å². The summed E-state index contributed by atoms with van der Waals surface area (Å²) in [5.41, 5.74) is 1.10. The number of hydrogen-bond acceptors (Lipinski definition) is 2. The SMILES string of the molecule is O=Cc1c2ccccc2c(C=O)c2c(Cl)cccc12. The van der Waals surface area contributed by atoms with Crippen molar-refractivity contribution in [3.8, 4) is 0 Å². The van der Waals surface area contributed by atoms with Crippen LogP contribution in [-0.2, 0) is 0 Å². The Morgan fingerprint density at radius 2 is 1.32 bits per heavy atom. The lowest BCUT2D eigenvalue weighted by Gasteiger charge is -2.11. The van der Waals surface area contributed by atoms with Crippen LogP contribution in [0.2, 0.25) is 5.02 Å². The summed E-state index contributed by atoms with van der Waals surface area (Å²) in [6, 6.07) is 12.7. The first-order valence-corrected chi connectivity index (χ1v) is 6.19. The molecule has 0 unspecified atom stereocenters. The van der Waals surface area contributed by atoms with Crippen LogP contribution in [0.15, 0.2) is 42.5 Å². The fourth-order valence-electron chi connectivity index (χ4n) is 2.50. The highest BCUT2D eigenvalue weighted by Gasteiger charge is 2.14. The molecule has 0 saturated heterocycles. The van der Waals surface area contributed by atoms with E-state index in [1.165, 1.54) is 0 Å². The van der Waals surface area contributed by atoms with Gasteiger partial charge < -0.3 is 0 Å². The number of carbonyl (C=O) groups excluding carboxylic acids is 2. The first-order valence-electron chi connectivity index (χ1n) is 5.81. The molecule has 3 rings (SSSR count). The van der Waals surface area contributed by atoms with Gasteiger partial charge in [0.1, 0.15) is 0 Å². The third kappa shape index (κ3) is 1.65. The van der Waals surface area contributed by atoms with Crippen LogP contribution in [0.5, 0.6) is 0 Å². The molecule has 0 aliphatic carbocycles. The van der Waals surface area contributed by atoms with Gasteiger partial charge in [0.25, 0.3) is 0 Å². The molecule has 0 bridgehead atoms. The van der Waals surface area contributed by atoms with Gasteiger partial charge in [-0.2, -0.15) is 0 Å². The van der Waals surface area contributed by atoms with Gasteiger partial charge >= 0.3 is 0 Å². The quantitative estimate of drug-likeness (QED) is 0.514. The zero-order chi connectivity index (χ0) is 13.4. The molecule has 92 valence electrons. The molecule has 0 aliphatic heterocycles. The Morgan fingerprint density at radius 1 is 0.737 bits per heavy atom. The minimum atomic E-state index is 0.480. The van der Waals surface area contributed by atoms with E-state index < -0.39 is 0 Å². The number of carbonyl (C=O) groups is 2. The largest absolute Gasteiger partial charge is 0.298 e. The van der Waals surface area contributed by atoms with E-state index in [0.717, 1.165) is 23.3 Å². The normalized spacial score (nSPS) is 10.8. The number of halogens is 1. The van der Waals surface area contributed by atoms with Gasteiger partial charge in [0.15, 0.2) is 12.6 Å². The van der Waals surface area contributed by atoms with Crippen molar-refractivity contribution in [3.63, 3.8) is 0 Å². The van der Waals surface area contributed by atoms with E-state index >= 15 is 0 Å². The number of benzene rings is 3. The zero-order valence-corrected chi connectivity index (χ0v) is 10.6. The molecule has 3 heteroatoms. The van der Waals surface area contributed by atoms with Gasteiger partial charge in [-0.1, -0.05) is 48.0 Å². The average Bonchev–Trinajstić information content (AvgIpc) is 2.45. The summed E-state index contributed by atoms with van der Waals surface area (Å²) in [4.78, 5) is 22.9. The molecule has 0 fully saturated rings. The van der Waals surface area contributed by atoms with Crippen molar-refractivity contribution in [1.29, 1.82) is 0 Å². The van der Waals surface area contributed by atoms with E-state index in [0.29, 0.717) is 26.9 Å². The monoisotopic (exact) mass is 268 g/mol. The molecule has 19 heavy (non-hydrogen) atoms. The molecule has 0 amide bonds. The molecule has 0 aromatic heterocycles.